The van der Waals surface area contributed by atoms with E-state index in [0.717, 1.165) is 22.2 Å². The first-order valence-corrected chi connectivity index (χ1v) is 8.96. The van der Waals surface area contributed by atoms with Crippen molar-refractivity contribution in [3.63, 3.8) is 0 Å². The number of anilines is 1. The highest BCUT2D eigenvalue weighted by atomic mass is 16.5. The Morgan fingerprint density at radius 1 is 0.964 bits per heavy atom. The van der Waals surface area contributed by atoms with Crippen LogP contribution < -0.4 is 14.8 Å². The number of H-pyrrole nitrogens is 1. The Morgan fingerprint density at radius 2 is 1.71 bits per heavy atom. The highest BCUT2D eigenvalue weighted by Crippen LogP contribution is 2.25. The molecule has 4 aromatic rings. The van der Waals surface area contributed by atoms with Gasteiger partial charge in [0.05, 0.1) is 12.7 Å². The number of aromatic amines is 1. The van der Waals surface area contributed by atoms with Crippen LogP contribution in [0.2, 0.25) is 0 Å². The highest BCUT2D eigenvalue weighted by molar-refractivity contribution is 6.13. The average molecular weight is 372 g/mol. The monoisotopic (exact) mass is 372 g/mol. The molecule has 2 N–H and O–H groups in total. The maximum atomic E-state index is 12.7. The van der Waals surface area contributed by atoms with Gasteiger partial charge in [-0.05, 0) is 48.0 Å². The van der Waals surface area contributed by atoms with Crippen molar-refractivity contribution in [3.8, 4) is 11.5 Å². The predicted octanol–water partition coefficient (Wildman–Crippen LogP) is 5.01. The third kappa shape index (κ3) is 3.83. The summed E-state index contributed by atoms with van der Waals surface area (Å²) in [5.41, 5.74) is 3.26. The van der Waals surface area contributed by atoms with Crippen molar-refractivity contribution in [1.29, 1.82) is 0 Å². The lowest BCUT2D eigenvalue weighted by Gasteiger charge is -2.08. The van der Waals surface area contributed by atoms with Gasteiger partial charge < -0.3 is 19.8 Å². The summed E-state index contributed by atoms with van der Waals surface area (Å²) in [7, 11) is 1.61. The van der Waals surface area contributed by atoms with E-state index < -0.39 is 0 Å². The Morgan fingerprint density at radius 3 is 2.46 bits per heavy atom. The maximum absolute atomic E-state index is 12.7. The second-order valence-electron chi connectivity index (χ2n) is 6.37. The van der Waals surface area contributed by atoms with Crippen molar-refractivity contribution >= 4 is 22.5 Å². The van der Waals surface area contributed by atoms with Gasteiger partial charge in [-0.2, -0.15) is 0 Å². The standard InChI is InChI=1S/C23H20N2O3/c1-27-19-11-12-22-20(13-19)21(14-24-22)23(26)25-17-7-9-18(10-8-17)28-15-16-5-3-2-4-6-16/h2-14,24H,15H2,1H3,(H,25,26). The van der Waals surface area contributed by atoms with Gasteiger partial charge in [-0.1, -0.05) is 30.3 Å². The Kier molecular flexibility index (Phi) is 4.97. The Hall–Kier alpha value is -3.73. The van der Waals surface area contributed by atoms with E-state index in [9.17, 15) is 4.79 Å². The summed E-state index contributed by atoms with van der Waals surface area (Å²) >= 11 is 0. The van der Waals surface area contributed by atoms with Crippen LogP contribution in [-0.4, -0.2) is 18.0 Å². The van der Waals surface area contributed by atoms with Crippen LogP contribution >= 0.6 is 0 Å². The summed E-state index contributed by atoms with van der Waals surface area (Å²) in [5, 5.41) is 3.74. The van der Waals surface area contributed by atoms with Gasteiger partial charge >= 0.3 is 0 Å². The minimum atomic E-state index is -0.183. The molecule has 1 heterocycles. The molecule has 5 heteroatoms. The van der Waals surface area contributed by atoms with E-state index in [1.165, 1.54) is 0 Å². The molecule has 0 spiro atoms. The summed E-state index contributed by atoms with van der Waals surface area (Å²) in [6.07, 6.45) is 1.71. The topological polar surface area (TPSA) is 63.4 Å². The van der Waals surface area contributed by atoms with E-state index >= 15 is 0 Å². The van der Waals surface area contributed by atoms with E-state index in [-0.39, 0.29) is 5.91 Å². The molecule has 0 saturated carbocycles. The fourth-order valence-electron chi connectivity index (χ4n) is 2.99. The van der Waals surface area contributed by atoms with Gasteiger partial charge in [-0.25, -0.2) is 0 Å². The summed E-state index contributed by atoms with van der Waals surface area (Å²) in [6.45, 7) is 0.504. The number of rotatable bonds is 6. The third-order valence-corrected chi connectivity index (χ3v) is 4.49. The first-order chi connectivity index (χ1) is 13.7. The molecule has 0 aliphatic carbocycles. The quantitative estimate of drug-likeness (QED) is 0.500. The zero-order valence-corrected chi connectivity index (χ0v) is 15.4. The van der Waals surface area contributed by atoms with E-state index in [1.807, 2.05) is 72.8 Å². The largest absolute Gasteiger partial charge is 0.497 e. The molecule has 1 amide bonds. The molecule has 0 radical (unpaired) electrons. The number of benzene rings is 3. The van der Waals surface area contributed by atoms with Crippen LogP contribution in [0.1, 0.15) is 15.9 Å². The summed E-state index contributed by atoms with van der Waals surface area (Å²) in [4.78, 5) is 15.8. The van der Waals surface area contributed by atoms with Gasteiger partial charge in [0.2, 0.25) is 0 Å². The number of nitrogens with one attached hydrogen (secondary N) is 2. The molecule has 0 saturated heterocycles. The highest BCUT2D eigenvalue weighted by Gasteiger charge is 2.13. The normalized spacial score (nSPS) is 10.6. The number of amides is 1. The number of methoxy groups -OCH3 is 1. The molecule has 28 heavy (non-hydrogen) atoms. The van der Waals surface area contributed by atoms with Crippen LogP contribution in [0.25, 0.3) is 10.9 Å². The summed E-state index contributed by atoms with van der Waals surface area (Å²) in [5.74, 6) is 1.28. The molecule has 0 aliphatic rings. The van der Waals surface area contributed by atoms with E-state index in [0.29, 0.717) is 23.6 Å². The molecular weight excluding hydrogens is 352 g/mol. The van der Waals surface area contributed by atoms with Gasteiger partial charge in [-0.3, -0.25) is 4.79 Å². The van der Waals surface area contributed by atoms with E-state index in [1.54, 1.807) is 13.3 Å². The lowest BCUT2D eigenvalue weighted by molar-refractivity contribution is 0.102. The van der Waals surface area contributed by atoms with Crippen LogP contribution in [0.3, 0.4) is 0 Å². The molecule has 4 rings (SSSR count). The van der Waals surface area contributed by atoms with Crippen LogP contribution in [-0.2, 0) is 6.61 Å². The fraction of sp³-hybridized carbons (Fsp3) is 0.0870. The minimum absolute atomic E-state index is 0.183. The molecule has 0 bridgehead atoms. The molecular formula is C23H20N2O3. The number of aromatic nitrogens is 1. The smallest absolute Gasteiger partial charge is 0.257 e. The van der Waals surface area contributed by atoms with Crippen molar-refractivity contribution in [2.75, 3.05) is 12.4 Å². The van der Waals surface area contributed by atoms with Gasteiger partial charge in [0, 0.05) is 22.8 Å². The van der Waals surface area contributed by atoms with Crippen molar-refractivity contribution in [3.05, 3.63) is 90.1 Å². The Bertz CT molecular complexity index is 1090. The fourth-order valence-corrected chi connectivity index (χ4v) is 2.99. The molecule has 3 aromatic carbocycles. The molecule has 0 fully saturated rings. The lowest BCUT2D eigenvalue weighted by Crippen LogP contribution is -2.11. The lowest BCUT2D eigenvalue weighted by atomic mass is 10.1. The Labute approximate surface area is 162 Å². The van der Waals surface area contributed by atoms with Gasteiger partial charge in [0.25, 0.3) is 5.91 Å². The molecule has 0 unspecified atom stereocenters. The number of carbonyl (C=O) groups excluding carboxylic acids is 1. The van der Waals surface area contributed by atoms with Crippen molar-refractivity contribution < 1.29 is 14.3 Å². The molecule has 0 aliphatic heterocycles. The first-order valence-electron chi connectivity index (χ1n) is 8.96. The molecule has 140 valence electrons. The van der Waals surface area contributed by atoms with Gasteiger partial charge in [-0.15, -0.1) is 0 Å². The summed E-state index contributed by atoms with van der Waals surface area (Å²) < 4.78 is 11.0. The van der Waals surface area contributed by atoms with Crippen LogP contribution in [0.4, 0.5) is 5.69 Å². The second-order valence-corrected chi connectivity index (χ2v) is 6.37. The van der Waals surface area contributed by atoms with Gasteiger partial charge in [0.1, 0.15) is 18.1 Å². The summed E-state index contributed by atoms with van der Waals surface area (Å²) in [6, 6.07) is 22.9. The minimum Gasteiger partial charge on any atom is -0.497 e. The zero-order valence-electron chi connectivity index (χ0n) is 15.4. The van der Waals surface area contributed by atoms with Gasteiger partial charge in [0.15, 0.2) is 0 Å². The number of ether oxygens (including phenoxy) is 2. The zero-order chi connectivity index (χ0) is 19.3. The van der Waals surface area contributed by atoms with Crippen LogP contribution in [0.15, 0.2) is 79.0 Å². The number of hydrogen-bond donors (Lipinski definition) is 2. The Balaban J connectivity index is 1.43. The van der Waals surface area contributed by atoms with Crippen molar-refractivity contribution in [2.24, 2.45) is 0 Å². The van der Waals surface area contributed by atoms with Crippen LogP contribution in [0.5, 0.6) is 11.5 Å². The van der Waals surface area contributed by atoms with Crippen molar-refractivity contribution in [1.82, 2.24) is 4.98 Å². The number of carbonyl (C=O) groups is 1. The van der Waals surface area contributed by atoms with Crippen LogP contribution in [0, 0.1) is 0 Å². The second kappa shape index (κ2) is 7.88. The number of fused-ring (bicyclic) bond motifs is 1. The predicted molar refractivity (Wildman–Crippen MR) is 110 cm³/mol. The molecule has 0 atom stereocenters. The van der Waals surface area contributed by atoms with E-state index in [2.05, 4.69) is 10.3 Å². The average Bonchev–Trinajstić information content (AvgIpc) is 3.17. The maximum Gasteiger partial charge on any atom is 0.257 e. The SMILES string of the molecule is COc1ccc2[nH]cc(C(=O)Nc3ccc(OCc4ccccc4)cc3)c2c1. The third-order valence-electron chi connectivity index (χ3n) is 4.49. The first kappa shape index (κ1) is 17.7. The molecule has 5 nitrogen and oxygen atoms in total. The van der Waals surface area contributed by atoms with Crippen molar-refractivity contribution in [2.45, 2.75) is 6.61 Å². The number of hydrogen-bond acceptors (Lipinski definition) is 3. The van der Waals surface area contributed by atoms with E-state index in [4.69, 9.17) is 9.47 Å². The molecule has 1 aromatic heterocycles.